The number of nitrogens with one attached hydrogen (secondary N) is 1. The van der Waals surface area contributed by atoms with Crippen molar-refractivity contribution >= 4 is 5.91 Å². The first-order valence-corrected chi connectivity index (χ1v) is 6.56. The molecule has 5 nitrogen and oxygen atoms in total. The average Bonchev–Trinajstić information content (AvgIpc) is 2.89. The summed E-state index contributed by atoms with van der Waals surface area (Å²) in [5, 5.41) is 13.3. The summed E-state index contributed by atoms with van der Waals surface area (Å²) in [5.41, 5.74) is -1.31. The van der Waals surface area contributed by atoms with Crippen molar-refractivity contribution in [2.45, 2.75) is 38.9 Å². The number of furan rings is 1. The molecule has 0 aromatic carbocycles. The van der Waals surface area contributed by atoms with E-state index in [1.165, 1.54) is 6.26 Å². The van der Waals surface area contributed by atoms with Crippen molar-refractivity contribution in [3.05, 3.63) is 24.2 Å². The number of carbonyl (C=O) groups excluding carboxylic acids is 1. The van der Waals surface area contributed by atoms with Gasteiger partial charge in [-0.15, -0.1) is 0 Å². The average molecular weight is 267 g/mol. The minimum atomic E-state index is -0.935. The van der Waals surface area contributed by atoms with E-state index in [0.29, 0.717) is 13.0 Å². The van der Waals surface area contributed by atoms with Crippen LogP contribution in [0.1, 0.15) is 37.7 Å². The van der Waals surface area contributed by atoms with Crippen LogP contribution in [0.15, 0.2) is 22.8 Å². The van der Waals surface area contributed by atoms with Crippen LogP contribution in [0.25, 0.3) is 0 Å². The summed E-state index contributed by atoms with van der Waals surface area (Å²) in [6.07, 6.45) is 2.01. The van der Waals surface area contributed by atoms with Gasteiger partial charge in [0.25, 0.3) is 5.91 Å². The quantitative estimate of drug-likeness (QED) is 0.849. The van der Waals surface area contributed by atoms with Crippen LogP contribution >= 0.6 is 0 Å². The maximum atomic E-state index is 11.8. The van der Waals surface area contributed by atoms with Crippen molar-refractivity contribution < 1.29 is 19.1 Å². The van der Waals surface area contributed by atoms with E-state index in [4.69, 9.17) is 9.15 Å². The van der Waals surface area contributed by atoms with Crippen LogP contribution in [0.2, 0.25) is 0 Å². The number of ether oxygens (including phenoxy) is 1. The summed E-state index contributed by atoms with van der Waals surface area (Å²) in [6, 6.07) is 3.25. The zero-order valence-electron chi connectivity index (χ0n) is 11.6. The van der Waals surface area contributed by atoms with E-state index in [1.54, 1.807) is 12.1 Å². The summed E-state index contributed by atoms with van der Waals surface area (Å²) < 4.78 is 10.6. The summed E-state index contributed by atoms with van der Waals surface area (Å²) in [7, 11) is 0. The van der Waals surface area contributed by atoms with Gasteiger partial charge in [0, 0.05) is 25.0 Å². The summed E-state index contributed by atoms with van der Waals surface area (Å²) in [4.78, 5) is 11.8. The molecule has 1 aliphatic rings. The Morgan fingerprint density at radius 1 is 1.63 bits per heavy atom. The molecule has 1 aromatic rings. The molecule has 0 saturated heterocycles. The van der Waals surface area contributed by atoms with Gasteiger partial charge >= 0.3 is 0 Å². The molecule has 19 heavy (non-hydrogen) atoms. The van der Waals surface area contributed by atoms with E-state index >= 15 is 0 Å². The van der Waals surface area contributed by atoms with Crippen LogP contribution in [-0.2, 0) is 4.74 Å². The Bertz CT molecular complexity index is 440. The minimum absolute atomic E-state index is 0.0306. The largest absolute Gasteiger partial charge is 0.459 e. The standard InChI is InChI=1S/C14H21NO4/c1-4-18-11-8-14(17,13(11,2)3)9-15-12(16)10-6-5-7-19-10/h5-7,11,17H,4,8-9H2,1-3H3,(H,15,16)/t11-,14-/m0/s1. The molecule has 0 unspecified atom stereocenters. The van der Waals surface area contributed by atoms with Gasteiger partial charge in [0.2, 0.25) is 0 Å². The Labute approximate surface area is 112 Å². The van der Waals surface area contributed by atoms with Gasteiger partial charge < -0.3 is 19.6 Å². The Morgan fingerprint density at radius 2 is 2.37 bits per heavy atom. The summed E-state index contributed by atoms with van der Waals surface area (Å²) in [6.45, 7) is 6.67. The lowest BCUT2D eigenvalue weighted by molar-refractivity contribution is -0.237. The lowest BCUT2D eigenvalue weighted by Gasteiger charge is -2.57. The second-order valence-corrected chi connectivity index (χ2v) is 5.56. The first-order chi connectivity index (χ1) is 8.90. The number of hydrogen-bond acceptors (Lipinski definition) is 4. The van der Waals surface area contributed by atoms with Gasteiger partial charge in [-0.25, -0.2) is 0 Å². The highest BCUT2D eigenvalue weighted by Crippen LogP contribution is 2.50. The van der Waals surface area contributed by atoms with Crippen molar-refractivity contribution in [2.75, 3.05) is 13.2 Å². The number of aliphatic hydroxyl groups is 1. The second-order valence-electron chi connectivity index (χ2n) is 5.56. The number of amides is 1. The summed E-state index contributed by atoms with van der Waals surface area (Å²) in [5.74, 6) is -0.0591. The van der Waals surface area contributed by atoms with Gasteiger partial charge in [0.1, 0.15) is 0 Å². The Morgan fingerprint density at radius 3 is 2.89 bits per heavy atom. The monoisotopic (exact) mass is 267 g/mol. The smallest absolute Gasteiger partial charge is 0.287 e. The van der Waals surface area contributed by atoms with Crippen LogP contribution in [-0.4, -0.2) is 35.9 Å². The topological polar surface area (TPSA) is 71.7 Å². The molecule has 5 heteroatoms. The number of carbonyl (C=O) groups is 1. The van der Waals surface area contributed by atoms with Crippen molar-refractivity contribution in [3.8, 4) is 0 Å². The Balaban J connectivity index is 1.91. The zero-order chi connectivity index (χ0) is 14.1. The zero-order valence-corrected chi connectivity index (χ0v) is 11.6. The van der Waals surface area contributed by atoms with Crippen molar-refractivity contribution in [2.24, 2.45) is 5.41 Å². The molecule has 0 bridgehead atoms. The molecular weight excluding hydrogens is 246 g/mol. The molecule has 1 fully saturated rings. The van der Waals surface area contributed by atoms with Crippen LogP contribution < -0.4 is 5.32 Å². The van der Waals surface area contributed by atoms with Crippen LogP contribution in [0, 0.1) is 5.41 Å². The molecule has 1 amide bonds. The highest BCUT2D eigenvalue weighted by Gasteiger charge is 2.59. The molecule has 2 rings (SSSR count). The highest BCUT2D eigenvalue weighted by molar-refractivity contribution is 5.91. The molecule has 2 atom stereocenters. The molecular formula is C14H21NO4. The predicted molar refractivity (Wildman–Crippen MR) is 69.8 cm³/mol. The van der Waals surface area contributed by atoms with Gasteiger partial charge in [-0.3, -0.25) is 4.79 Å². The maximum Gasteiger partial charge on any atom is 0.287 e. The minimum Gasteiger partial charge on any atom is -0.459 e. The number of rotatable bonds is 5. The lowest BCUT2D eigenvalue weighted by atomic mass is 9.56. The molecule has 1 aliphatic carbocycles. The third-order valence-corrected chi connectivity index (χ3v) is 4.18. The molecule has 0 radical (unpaired) electrons. The third kappa shape index (κ3) is 2.40. The maximum absolute atomic E-state index is 11.8. The van der Waals surface area contributed by atoms with Gasteiger partial charge in [0.15, 0.2) is 5.76 Å². The SMILES string of the molecule is CCO[C@H]1C[C@](O)(CNC(=O)c2ccco2)C1(C)C. The van der Waals surface area contributed by atoms with Crippen LogP contribution in [0.5, 0.6) is 0 Å². The van der Waals surface area contributed by atoms with Gasteiger partial charge in [-0.2, -0.15) is 0 Å². The fraction of sp³-hybridized carbons (Fsp3) is 0.643. The van der Waals surface area contributed by atoms with Gasteiger partial charge in [0.05, 0.1) is 18.0 Å². The molecule has 1 aromatic heterocycles. The van der Waals surface area contributed by atoms with E-state index < -0.39 is 5.60 Å². The van der Waals surface area contributed by atoms with Crippen molar-refractivity contribution in [1.29, 1.82) is 0 Å². The summed E-state index contributed by atoms with van der Waals surface area (Å²) >= 11 is 0. The normalized spacial score (nSPS) is 28.7. The Kier molecular flexibility index (Phi) is 3.69. The fourth-order valence-corrected chi connectivity index (χ4v) is 2.48. The van der Waals surface area contributed by atoms with E-state index in [0.717, 1.165) is 0 Å². The number of hydrogen-bond donors (Lipinski definition) is 2. The molecule has 1 saturated carbocycles. The fourth-order valence-electron chi connectivity index (χ4n) is 2.48. The lowest BCUT2D eigenvalue weighted by Crippen LogP contribution is -2.68. The van der Waals surface area contributed by atoms with E-state index in [-0.39, 0.29) is 29.7 Å². The first kappa shape index (κ1) is 14.1. The van der Waals surface area contributed by atoms with Gasteiger partial charge in [-0.1, -0.05) is 13.8 Å². The second kappa shape index (κ2) is 4.98. The van der Waals surface area contributed by atoms with Crippen molar-refractivity contribution in [1.82, 2.24) is 5.32 Å². The molecule has 0 aliphatic heterocycles. The van der Waals surface area contributed by atoms with Crippen LogP contribution in [0.3, 0.4) is 0 Å². The molecule has 1 heterocycles. The molecule has 106 valence electrons. The van der Waals surface area contributed by atoms with E-state index in [1.807, 2.05) is 20.8 Å². The van der Waals surface area contributed by atoms with Gasteiger partial charge in [-0.05, 0) is 19.1 Å². The highest BCUT2D eigenvalue weighted by atomic mass is 16.5. The Hall–Kier alpha value is -1.33. The van der Waals surface area contributed by atoms with E-state index in [2.05, 4.69) is 5.32 Å². The van der Waals surface area contributed by atoms with E-state index in [9.17, 15) is 9.90 Å². The molecule has 0 spiro atoms. The third-order valence-electron chi connectivity index (χ3n) is 4.18. The van der Waals surface area contributed by atoms with Crippen LogP contribution in [0.4, 0.5) is 0 Å². The molecule has 2 N–H and O–H groups in total. The first-order valence-electron chi connectivity index (χ1n) is 6.56. The predicted octanol–water partition coefficient (Wildman–Crippen LogP) is 1.58. The van der Waals surface area contributed by atoms with Crippen molar-refractivity contribution in [3.63, 3.8) is 0 Å².